The molecule has 3 aromatic rings. The predicted molar refractivity (Wildman–Crippen MR) is 161 cm³/mol. The summed E-state index contributed by atoms with van der Waals surface area (Å²) in [6, 6.07) is 19.9. The Kier molecular flexibility index (Phi) is 10.8. The van der Waals surface area contributed by atoms with Gasteiger partial charge in [0.05, 0.1) is 10.6 Å². The molecular formula is C31H38ClN3O4S. The Labute approximate surface area is 243 Å². The van der Waals surface area contributed by atoms with Gasteiger partial charge in [-0.3, -0.25) is 13.9 Å². The number of carbonyl (C=O) groups is 2. The van der Waals surface area contributed by atoms with Crippen molar-refractivity contribution in [2.45, 2.75) is 58.5 Å². The Morgan fingerprint density at radius 1 is 0.900 bits per heavy atom. The van der Waals surface area contributed by atoms with Crippen LogP contribution in [0.2, 0.25) is 5.02 Å². The van der Waals surface area contributed by atoms with Crippen molar-refractivity contribution in [2.24, 2.45) is 5.92 Å². The molecule has 0 aliphatic rings. The molecule has 0 aliphatic carbocycles. The highest BCUT2D eigenvalue weighted by Crippen LogP contribution is 2.28. The summed E-state index contributed by atoms with van der Waals surface area (Å²) >= 11 is 6.42. The quantitative estimate of drug-likeness (QED) is 0.301. The van der Waals surface area contributed by atoms with E-state index in [1.165, 1.54) is 4.90 Å². The van der Waals surface area contributed by atoms with Crippen molar-refractivity contribution in [2.75, 3.05) is 17.4 Å². The van der Waals surface area contributed by atoms with Crippen molar-refractivity contribution in [1.29, 1.82) is 0 Å². The third kappa shape index (κ3) is 7.64. The zero-order valence-corrected chi connectivity index (χ0v) is 25.3. The number of hydrogen-bond acceptors (Lipinski definition) is 4. The molecule has 1 atom stereocenters. The minimum atomic E-state index is -4.12. The molecule has 9 heteroatoms. The molecule has 2 amide bonds. The summed E-state index contributed by atoms with van der Waals surface area (Å²) in [7, 11) is -4.12. The average Bonchev–Trinajstić information content (AvgIpc) is 2.93. The maximum atomic E-state index is 14.1. The molecule has 0 aromatic heterocycles. The van der Waals surface area contributed by atoms with E-state index in [1.54, 1.807) is 67.6 Å². The van der Waals surface area contributed by atoms with Gasteiger partial charge in [-0.05, 0) is 61.6 Å². The fourth-order valence-corrected chi connectivity index (χ4v) is 5.90. The first kappa shape index (κ1) is 31.2. The summed E-state index contributed by atoms with van der Waals surface area (Å²) < 4.78 is 29.2. The van der Waals surface area contributed by atoms with Gasteiger partial charge in [0.25, 0.3) is 10.0 Å². The van der Waals surface area contributed by atoms with Gasteiger partial charge in [-0.15, -0.1) is 0 Å². The van der Waals surface area contributed by atoms with Crippen LogP contribution in [0.5, 0.6) is 0 Å². The first-order chi connectivity index (χ1) is 18.9. The van der Waals surface area contributed by atoms with Crippen LogP contribution < -0.4 is 9.62 Å². The maximum absolute atomic E-state index is 14.1. The van der Waals surface area contributed by atoms with Gasteiger partial charge in [-0.2, -0.15) is 0 Å². The number of hydrogen-bond donors (Lipinski definition) is 1. The second kappa shape index (κ2) is 13.8. The van der Waals surface area contributed by atoms with Gasteiger partial charge in [0, 0.05) is 18.1 Å². The lowest BCUT2D eigenvalue weighted by molar-refractivity contribution is -0.139. The number of amides is 2. The number of carbonyl (C=O) groups excluding carboxylic acids is 2. The molecule has 3 rings (SSSR count). The molecule has 0 heterocycles. The van der Waals surface area contributed by atoms with Gasteiger partial charge in [-0.1, -0.05) is 86.5 Å². The molecule has 214 valence electrons. The zero-order valence-electron chi connectivity index (χ0n) is 23.7. The standard InChI is InChI=1S/C31H38ClN3O4S/c1-6-25-11-8-10-14-29(25)35(40(38,39)27-17-15-23(4)16-18-27)21-30(36)34(20-26-12-7-9-13-28(26)32)24(5)31(37)33-19-22(2)3/h7-18,22,24H,6,19-21H2,1-5H3,(H,33,37). The van der Waals surface area contributed by atoms with E-state index in [2.05, 4.69) is 5.32 Å². The summed E-state index contributed by atoms with van der Waals surface area (Å²) in [6.07, 6.45) is 0.571. The third-order valence-corrected chi connectivity index (χ3v) is 8.82. The van der Waals surface area contributed by atoms with Gasteiger partial charge in [0.15, 0.2) is 0 Å². The number of nitrogens with one attached hydrogen (secondary N) is 1. The first-order valence-corrected chi connectivity index (χ1v) is 15.2. The van der Waals surface area contributed by atoms with Gasteiger partial charge >= 0.3 is 0 Å². The zero-order chi connectivity index (χ0) is 29.4. The minimum absolute atomic E-state index is 0.0443. The van der Waals surface area contributed by atoms with Gasteiger partial charge in [-0.25, -0.2) is 8.42 Å². The molecule has 0 saturated carbocycles. The Morgan fingerprint density at radius 2 is 1.50 bits per heavy atom. The van der Waals surface area contributed by atoms with Crippen molar-refractivity contribution in [3.63, 3.8) is 0 Å². The molecule has 7 nitrogen and oxygen atoms in total. The van der Waals surface area contributed by atoms with Crippen molar-refractivity contribution in [3.8, 4) is 0 Å². The minimum Gasteiger partial charge on any atom is -0.354 e. The molecule has 0 radical (unpaired) electrons. The van der Waals surface area contributed by atoms with E-state index in [0.29, 0.717) is 29.2 Å². The van der Waals surface area contributed by atoms with Gasteiger partial charge < -0.3 is 10.2 Å². The van der Waals surface area contributed by atoms with Crippen LogP contribution in [0.1, 0.15) is 44.4 Å². The number of rotatable bonds is 12. The monoisotopic (exact) mass is 583 g/mol. The largest absolute Gasteiger partial charge is 0.354 e. The normalized spacial score (nSPS) is 12.2. The van der Waals surface area contributed by atoms with Crippen LogP contribution in [0.3, 0.4) is 0 Å². The van der Waals surface area contributed by atoms with E-state index in [9.17, 15) is 18.0 Å². The molecule has 40 heavy (non-hydrogen) atoms. The molecule has 1 N–H and O–H groups in total. The lowest BCUT2D eigenvalue weighted by Gasteiger charge is -2.33. The summed E-state index contributed by atoms with van der Waals surface area (Å²) in [5, 5.41) is 3.34. The Hall–Kier alpha value is -3.36. The van der Waals surface area contributed by atoms with E-state index in [4.69, 9.17) is 11.6 Å². The molecular weight excluding hydrogens is 546 g/mol. The van der Waals surface area contributed by atoms with Crippen molar-refractivity contribution in [3.05, 3.63) is 94.5 Å². The number of nitrogens with zero attached hydrogens (tertiary/aromatic N) is 2. The van der Waals surface area contributed by atoms with Gasteiger partial charge in [0.2, 0.25) is 11.8 Å². The summed E-state index contributed by atoms with van der Waals surface area (Å²) in [5.74, 6) is -0.616. The first-order valence-electron chi connectivity index (χ1n) is 13.4. The van der Waals surface area contributed by atoms with E-state index in [-0.39, 0.29) is 23.3 Å². The Morgan fingerprint density at radius 3 is 2.10 bits per heavy atom. The maximum Gasteiger partial charge on any atom is 0.264 e. The second-order valence-electron chi connectivity index (χ2n) is 10.2. The molecule has 0 fully saturated rings. The highest BCUT2D eigenvalue weighted by atomic mass is 35.5. The van der Waals surface area contributed by atoms with Crippen molar-refractivity contribution >= 4 is 39.1 Å². The van der Waals surface area contributed by atoms with Crippen LogP contribution in [-0.4, -0.2) is 44.3 Å². The van der Waals surface area contributed by atoms with Crippen LogP contribution in [0, 0.1) is 12.8 Å². The van der Waals surface area contributed by atoms with Crippen molar-refractivity contribution < 1.29 is 18.0 Å². The Bertz CT molecular complexity index is 1420. The summed E-state index contributed by atoms with van der Waals surface area (Å²) in [5.41, 5.74) is 2.78. The number of anilines is 1. The van der Waals surface area contributed by atoms with E-state index >= 15 is 0 Å². The molecule has 0 aliphatic heterocycles. The molecule has 0 saturated heterocycles. The van der Waals surface area contributed by atoms with Crippen molar-refractivity contribution in [1.82, 2.24) is 10.2 Å². The lowest BCUT2D eigenvalue weighted by atomic mass is 10.1. The number of benzene rings is 3. The highest BCUT2D eigenvalue weighted by molar-refractivity contribution is 7.92. The molecule has 1 unspecified atom stereocenters. The van der Waals surface area contributed by atoms with Crippen LogP contribution in [0.4, 0.5) is 5.69 Å². The number of aryl methyl sites for hydroxylation is 2. The summed E-state index contributed by atoms with van der Waals surface area (Å²) in [6.45, 7) is 9.43. The molecule has 0 spiro atoms. The second-order valence-corrected chi connectivity index (χ2v) is 12.5. The number of halogens is 1. The fourth-order valence-electron chi connectivity index (χ4n) is 4.25. The summed E-state index contributed by atoms with van der Waals surface area (Å²) in [4.78, 5) is 28.6. The third-order valence-electron chi connectivity index (χ3n) is 6.68. The van der Waals surface area contributed by atoms with Gasteiger partial charge in [0.1, 0.15) is 12.6 Å². The average molecular weight is 584 g/mol. The van der Waals surface area contributed by atoms with Crippen LogP contribution in [-0.2, 0) is 32.6 Å². The topological polar surface area (TPSA) is 86.8 Å². The Balaban J connectivity index is 2.06. The number of para-hydroxylation sites is 1. The van der Waals surface area contributed by atoms with Crippen LogP contribution >= 0.6 is 11.6 Å². The highest BCUT2D eigenvalue weighted by Gasteiger charge is 2.33. The smallest absolute Gasteiger partial charge is 0.264 e. The fraction of sp³-hybridized carbons (Fsp3) is 0.355. The molecule has 3 aromatic carbocycles. The lowest BCUT2D eigenvalue weighted by Crippen LogP contribution is -2.51. The predicted octanol–water partition coefficient (Wildman–Crippen LogP) is 5.60. The van der Waals surface area contributed by atoms with E-state index in [1.807, 2.05) is 39.8 Å². The van der Waals surface area contributed by atoms with E-state index in [0.717, 1.165) is 15.4 Å². The van der Waals surface area contributed by atoms with E-state index < -0.39 is 28.5 Å². The van der Waals surface area contributed by atoms with Crippen LogP contribution in [0.15, 0.2) is 77.7 Å². The number of sulfonamides is 1. The molecule has 0 bridgehead atoms. The SMILES string of the molecule is CCc1ccccc1N(CC(=O)N(Cc1ccccc1Cl)C(C)C(=O)NCC(C)C)S(=O)(=O)c1ccc(C)cc1. The van der Waals surface area contributed by atoms with Crippen LogP contribution in [0.25, 0.3) is 0 Å².